The molecule has 0 saturated carbocycles. The first-order valence-corrected chi connectivity index (χ1v) is 15.6. The SMILES string of the molecule is C=CCn1c(SCC(=O)Nc2sc3c(c2C#N)CCC(C(C)(C)CC)C3)nnc1C(C)Oc1ccc(C)cc1C. The Bertz CT molecular complexity index is 1430. The molecule has 0 spiro atoms. The van der Waals surface area contributed by atoms with Gasteiger partial charge in [-0.1, -0.05) is 62.7 Å². The zero-order chi connectivity index (χ0) is 29.0. The lowest BCUT2D eigenvalue weighted by atomic mass is 9.69. The van der Waals surface area contributed by atoms with E-state index in [2.05, 4.69) is 61.9 Å². The standard InChI is InChI=1S/C31H39N5O2S2/c1-8-14-36-28(21(5)38-25-13-10-19(3)15-20(25)4)34-35-30(36)39-18-27(37)33-29-24(17-32)23-12-11-22(16-26(23)40-29)31(6,7)9-2/h8,10,13,15,21-22H,1,9,11-12,14,16,18H2,2-7H3,(H,33,37). The highest BCUT2D eigenvalue weighted by atomic mass is 32.2. The molecule has 1 N–H and O–H groups in total. The number of fused-ring (bicyclic) bond motifs is 1. The summed E-state index contributed by atoms with van der Waals surface area (Å²) in [5.41, 5.74) is 4.24. The van der Waals surface area contributed by atoms with E-state index in [0.29, 0.717) is 34.0 Å². The molecule has 2 heterocycles. The summed E-state index contributed by atoms with van der Waals surface area (Å²) in [6, 6.07) is 8.44. The van der Waals surface area contributed by atoms with Crippen molar-refractivity contribution in [3.63, 3.8) is 0 Å². The fourth-order valence-electron chi connectivity index (χ4n) is 5.22. The van der Waals surface area contributed by atoms with Crippen LogP contribution in [0.4, 0.5) is 5.00 Å². The van der Waals surface area contributed by atoms with E-state index in [1.54, 1.807) is 17.4 Å². The Morgan fingerprint density at radius 1 is 1.40 bits per heavy atom. The number of nitrogens with zero attached hydrogens (tertiary/aromatic N) is 4. The second kappa shape index (κ2) is 12.6. The monoisotopic (exact) mass is 577 g/mol. The zero-order valence-electron chi connectivity index (χ0n) is 24.3. The molecule has 0 bridgehead atoms. The van der Waals surface area contributed by atoms with Gasteiger partial charge < -0.3 is 10.1 Å². The van der Waals surface area contributed by atoms with Crippen molar-refractivity contribution in [3.05, 3.63) is 63.8 Å². The molecule has 1 amide bonds. The average molecular weight is 578 g/mol. The van der Waals surface area contributed by atoms with Gasteiger partial charge in [0.25, 0.3) is 0 Å². The number of thioether (sulfide) groups is 1. The van der Waals surface area contributed by atoms with E-state index in [-0.39, 0.29) is 23.2 Å². The van der Waals surface area contributed by atoms with Crippen LogP contribution >= 0.6 is 23.1 Å². The van der Waals surface area contributed by atoms with Crippen molar-refractivity contribution >= 4 is 34.0 Å². The lowest BCUT2D eigenvalue weighted by Crippen LogP contribution is -2.28. The molecule has 0 saturated heterocycles. The van der Waals surface area contributed by atoms with Gasteiger partial charge in [-0.3, -0.25) is 9.36 Å². The van der Waals surface area contributed by atoms with Gasteiger partial charge >= 0.3 is 0 Å². The number of carbonyl (C=O) groups excluding carboxylic acids is 1. The smallest absolute Gasteiger partial charge is 0.235 e. The highest BCUT2D eigenvalue weighted by molar-refractivity contribution is 7.99. The number of benzene rings is 1. The Morgan fingerprint density at radius 3 is 2.85 bits per heavy atom. The van der Waals surface area contributed by atoms with E-state index in [0.717, 1.165) is 42.6 Å². The molecule has 7 nitrogen and oxygen atoms in total. The predicted molar refractivity (Wildman–Crippen MR) is 163 cm³/mol. The van der Waals surface area contributed by atoms with Crippen molar-refractivity contribution in [1.82, 2.24) is 14.8 Å². The van der Waals surface area contributed by atoms with Gasteiger partial charge in [0.2, 0.25) is 5.91 Å². The summed E-state index contributed by atoms with van der Waals surface area (Å²) in [6.45, 7) is 17.3. The minimum atomic E-state index is -0.339. The van der Waals surface area contributed by atoms with Crippen molar-refractivity contribution in [2.75, 3.05) is 11.1 Å². The number of carbonyl (C=O) groups is 1. The number of amides is 1. The number of aryl methyl sites for hydroxylation is 2. The van der Waals surface area contributed by atoms with Crippen LogP contribution in [0.2, 0.25) is 0 Å². The van der Waals surface area contributed by atoms with E-state index in [1.807, 2.05) is 30.5 Å². The van der Waals surface area contributed by atoms with Gasteiger partial charge in [0.05, 0.1) is 11.3 Å². The summed E-state index contributed by atoms with van der Waals surface area (Å²) in [6.07, 6.45) is 5.51. The van der Waals surface area contributed by atoms with Crippen molar-refractivity contribution in [3.8, 4) is 11.8 Å². The number of aromatic nitrogens is 3. The fraction of sp³-hybridized carbons (Fsp3) is 0.484. The number of hydrogen-bond acceptors (Lipinski definition) is 7. The summed E-state index contributed by atoms with van der Waals surface area (Å²) in [4.78, 5) is 14.3. The Labute approximate surface area is 246 Å². The third-order valence-electron chi connectivity index (χ3n) is 8.03. The van der Waals surface area contributed by atoms with Gasteiger partial charge in [0.15, 0.2) is 17.1 Å². The summed E-state index contributed by atoms with van der Waals surface area (Å²) >= 11 is 2.88. The number of hydrogen-bond donors (Lipinski definition) is 1. The molecule has 1 aromatic carbocycles. The molecule has 0 aliphatic heterocycles. The normalized spacial score (nSPS) is 15.7. The molecular formula is C31H39N5O2S2. The van der Waals surface area contributed by atoms with Gasteiger partial charge in [-0.25, -0.2) is 0 Å². The van der Waals surface area contributed by atoms with Crippen molar-refractivity contribution in [2.45, 2.75) is 85.0 Å². The van der Waals surface area contributed by atoms with Gasteiger partial charge in [-0.05, 0) is 68.6 Å². The van der Waals surface area contributed by atoms with E-state index < -0.39 is 0 Å². The molecule has 1 aliphatic carbocycles. The molecule has 2 atom stereocenters. The minimum absolute atomic E-state index is 0.153. The third-order valence-corrected chi connectivity index (χ3v) is 10.2. The third kappa shape index (κ3) is 6.45. The summed E-state index contributed by atoms with van der Waals surface area (Å²) in [5.74, 6) is 2.04. The minimum Gasteiger partial charge on any atom is -0.482 e. The van der Waals surface area contributed by atoms with Crippen LogP contribution in [-0.2, 0) is 24.2 Å². The number of rotatable bonds is 11. The van der Waals surface area contributed by atoms with Crippen LogP contribution in [0.25, 0.3) is 0 Å². The molecule has 0 fully saturated rings. The second-order valence-electron chi connectivity index (χ2n) is 11.2. The van der Waals surface area contributed by atoms with Crippen molar-refractivity contribution in [1.29, 1.82) is 5.26 Å². The largest absolute Gasteiger partial charge is 0.482 e. The average Bonchev–Trinajstić information content (AvgIpc) is 3.49. The first-order valence-electron chi connectivity index (χ1n) is 13.8. The quantitative estimate of drug-likeness (QED) is 0.188. The van der Waals surface area contributed by atoms with Gasteiger partial charge in [-0.2, -0.15) is 5.26 Å². The summed E-state index contributed by atoms with van der Waals surface area (Å²) < 4.78 is 8.15. The predicted octanol–water partition coefficient (Wildman–Crippen LogP) is 7.43. The van der Waals surface area contributed by atoms with Crippen LogP contribution in [0.3, 0.4) is 0 Å². The van der Waals surface area contributed by atoms with Gasteiger partial charge in [0.1, 0.15) is 16.8 Å². The van der Waals surface area contributed by atoms with E-state index >= 15 is 0 Å². The van der Waals surface area contributed by atoms with Crippen LogP contribution in [0.5, 0.6) is 5.75 Å². The number of nitriles is 1. The first-order chi connectivity index (χ1) is 19.1. The molecule has 40 heavy (non-hydrogen) atoms. The van der Waals surface area contributed by atoms with Crippen LogP contribution < -0.4 is 10.1 Å². The Hall–Kier alpha value is -3.09. The number of ether oxygens (including phenoxy) is 1. The number of nitrogens with one attached hydrogen (secondary N) is 1. The maximum absolute atomic E-state index is 13.0. The molecule has 1 aliphatic rings. The molecular weight excluding hydrogens is 539 g/mol. The molecule has 2 unspecified atom stereocenters. The number of thiophene rings is 1. The van der Waals surface area contributed by atoms with Crippen molar-refractivity contribution in [2.24, 2.45) is 11.3 Å². The van der Waals surface area contributed by atoms with E-state index in [4.69, 9.17) is 4.74 Å². The number of anilines is 1. The Balaban J connectivity index is 1.44. The lowest BCUT2D eigenvalue weighted by molar-refractivity contribution is -0.113. The highest BCUT2D eigenvalue weighted by Gasteiger charge is 2.34. The van der Waals surface area contributed by atoms with Crippen LogP contribution in [0.15, 0.2) is 36.0 Å². The van der Waals surface area contributed by atoms with Crippen LogP contribution in [0, 0.1) is 36.5 Å². The fourth-order valence-corrected chi connectivity index (χ4v) is 7.27. The van der Waals surface area contributed by atoms with Crippen molar-refractivity contribution < 1.29 is 9.53 Å². The van der Waals surface area contributed by atoms with Gasteiger partial charge in [-0.15, -0.1) is 28.1 Å². The first kappa shape index (κ1) is 29.9. The maximum atomic E-state index is 13.0. The summed E-state index contributed by atoms with van der Waals surface area (Å²) in [7, 11) is 0. The maximum Gasteiger partial charge on any atom is 0.235 e. The molecule has 3 aromatic rings. The Kier molecular flexibility index (Phi) is 9.42. The molecule has 2 aromatic heterocycles. The molecule has 212 valence electrons. The summed E-state index contributed by atoms with van der Waals surface area (Å²) in [5, 5.41) is 22.9. The zero-order valence-corrected chi connectivity index (χ0v) is 26.0. The molecule has 9 heteroatoms. The highest BCUT2D eigenvalue weighted by Crippen LogP contribution is 2.45. The van der Waals surface area contributed by atoms with Crippen LogP contribution in [-0.4, -0.2) is 26.4 Å². The van der Waals surface area contributed by atoms with E-state index in [9.17, 15) is 10.1 Å². The van der Waals surface area contributed by atoms with Crippen LogP contribution in [0.1, 0.15) is 79.6 Å². The number of allylic oxidation sites excluding steroid dienone is 1. The Morgan fingerprint density at radius 2 is 2.17 bits per heavy atom. The topological polar surface area (TPSA) is 92.8 Å². The van der Waals surface area contributed by atoms with E-state index in [1.165, 1.54) is 22.2 Å². The van der Waals surface area contributed by atoms with Gasteiger partial charge in [0, 0.05) is 11.4 Å². The second-order valence-corrected chi connectivity index (χ2v) is 13.3. The molecule has 4 rings (SSSR count). The lowest BCUT2D eigenvalue weighted by Gasteiger charge is -2.36. The molecule has 0 radical (unpaired) electrons.